The number of halogens is 2. The maximum atomic E-state index is 13.0. The molecule has 0 bridgehead atoms. The van der Waals surface area contributed by atoms with E-state index < -0.39 is 30.5 Å². The van der Waals surface area contributed by atoms with Crippen LogP contribution >= 0.6 is 10.7 Å². The first-order valence-corrected chi connectivity index (χ1v) is 7.49. The summed E-state index contributed by atoms with van der Waals surface area (Å²) in [5.74, 6) is -1.34. The van der Waals surface area contributed by atoms with Crippen molar-refractivity contribution < 1.29 is 17.7 Å². The number of hydrogen-bond donors (Lipinski definition) is 0. The van der Waals surface area contributed by atoms with Crippen molar-refractivity contribution in [2.45, 2.75) is 11.4 Å². The van der Waals surface area contributed by atoms with Crippen LogP contribution in [0.4, 0.5) is 10.2 Å². The van der Waals surface area contributed by atoms with Gasteiger partial charge >= 0.3 is 5.82 Å². The van der Waals surface area contributed by atoms with Gasteiger partial charge in [-0.2, -0.15) is 4.68 Å². The first-order valence-electron chi connectivity index (χ1n) is 5.18. The SMILES string of the molecule is O=[N+]([O-])c1nn(Cc2cccc(F)c2)cc1S(=O)(=O)Cl. The lowest BCUT2D eigenvalue weighted by molar-refractivity contribution is -0.392. The van der Waals surface area contributed by atoms with Crippen LogP contribution < -0.4 is 0 Å². The van der Waals surface area contributed by atoms with E-state index in [4.69, 9.17) is 10.7 Å². The van der Waals surface area contributed by atoms with Crippen LogP contribution in [0.25, 0.3) is 0 Å². The standard InChI is InChI=1S/C10H7ClFN3O4S/c11-20(18,19)9-6-14(13-10(9)15(16)17)5-7-2-1-3-8(12)4-7/h1-4,6H,5H2. The van der Waals surface area contributed by atoms with Crippen molar-refractivity contribution in [2.75, 3.05) is 0 Å². The first kappa shape index (κ1) is 14.4. The molecule has 20 heavy (non-hydrogen) atoms. The fourth-order valence-electron chi connectivity index (χ4n) is 1.59. The fraction of sp³-hybridized carbons (Fsp3) is 0.100. The molecule has 2 aromatic rings. The summed E-state index contributed by atoms with van der Waals surface area (Å²) in [5.41, 5.74) is 0.473. The van der Waals surface area contributed by atoms with Gasteiger partial charge in [-0.25, -0.2) is 12.8 Å². The number of nitrogens with zero attached hydrogens (tertiary/aromatic N) is 3. The van der Waals surface area contributed by atoms with E-state index in [1.54, 1.807) is 6.07 Å². The highest BCUT2D eigenvalue weighted by molar-refractivity contribution is 8.13. The van der Waals surface area contributed by atoms with Crippen molar-refractivity contribution in [2.24, 2.45) is 0 Å². The monoisotopic (exact) mass is 319 g/mol. The van der Waals surface area contributed by atoms with Gasteiger partial charge in [0.25, 0.3) is 9.05 Å². The predicted molar refractivity (Wildman–Crippen MR) is 67.4 cm³/mol. The third-order valence-corrected chi connectivity index (χ3v) is 3.69. The Kier molecular flexibility index (Phi) is 3.73. The normalized spacial score (nSPS) is 11.5. The Morgan fingerprint density at radius 2 is 2.15 bits per heavy atom. The molecule has 0 N–H and O–H groups in total. The van der Waals surface area contributed by atoms with Crippen molar-refractivity contribution in [1.82, 2.24) is 9.78 Å². The van der Waals surface area contributed by atoms with Crippen LogP contribution in [0.5, 0.6) is 0 Å². The Bertz CT molecular complexity index is 775. The smallest absolute Gasteiger partial charge is 0.358 e. The number of aromatic nitrogens is 2. The van der Waals surface area contributed by atoms with Crippen molar-refractivity contribution >= 4 is 25.6 Å². The van der Waals surface area contributed by atoms with Gasteiger partial charge in [-0.05, 0) is 22.6 Å². The van der Waals surface area contributed by atoms with Gasteiger partial charge < -0.3 is 10.1 Å². The molecule has 0 atom stereocenters. The van der Waals surface area contributed by atoms with E-state index in [2.05, 4.69) is 5.10 Å². The number of rotatable bonds is 4. The molecule has 10 heteroatoms. The van der Waals surface area contributed by atoms with Crippen LogP contribution in [0.2, 0.25) is 0 Å². The van der Waals surface area contributed by atoms with E-state index in [-0.39, 0.29) is 6.54 Å². The highest BCUT2D eigenvalue weighted by Gasteiger charge is 2.29. The molecule has 0 aliphatic heterocycles. The molecule has 0 saturated heterocycles. The van der Waals surface area contributed by atoms with Gasteiger partial charge in [-0.1, -0.05) is 12.1 Å². The summed E-state index contributed by atoms with van der Waals surface area (Å²) in [4.78, 5) is 9.09. The van der Waals surface area contributed by atoms with Crippen LogP contribution in [-0.2, 0) is 15.6 Å². The second-order valence-electron chi connectivity index (χ2n) is 3.84. The summed E-state index contributed by atoms with van der Waals surface area (Å²) < 4.78 is 36.5. The van der Waals surface area contributed by atoms with Crippen LogP contribution in [0.15, 0.2) is 35.4 Å². The molecule has 0 unspecified atom stereocenters. The molecule has 0 radical (unpaired) electrons. The summed E-state index contributed by atoms with van der Waals surface area (Å²) >= 11 is 0. The summed E-state index contributed by atoms with van der Waals surface area (Å²) in [6.07, 6.45) is 0.936. The van der Waals surface area contributed by atoms with E-state index in [0.29, 0.717) is 5.56 Å². The Labute approximate surface area is 117 Å². The summed E-state index contributed by atoms with van der Waals surface area (Å²) in [7, 11) is 0.819. The molecule has 106 valence electrons. The highest BCUT2D eigenvalue weighted by Crippen LogP contribution is 2.25. The van der Waals surface area contributed by atoms with Crippen molar-refractivity contribution in [3.63, 3.8) is 0 Å². The zero-order valence-corrected chi connectivity index (χ0v) is 11.3. The largest absolute Gasteiger partial charge is 0.410 e. The number of benzene rings is 1. The minimum absolute atomic E-state index is 0.0228. The summed E-state index contributed by atoms with van der Waals surface area (Å²) in [6.45, 7) is -0.0228. The van der Waals surface area contributed by atoms with Crippen LogP contribution in [0, 0.1) is 15.9 Å². The Morgan fingerprint density at radius 3 is 2.65 bits per heavy atom. The third-order valence-electron chi connectivity index (χ3n) is 2.38. The Balaban J connectivity index is 2.42. The molecule has 0 aliphatic rings. The minimum Gasteiger partial charge on any atom is -0.358 e. The second kappa shape index (κ2) is 5.17. The average Bonchev–Trinajstić information content (AvgIpc) is 2.73. The molecule has 1 aromatic carbocycles. The van der Waals surface area contributed by atoms with Crippen LogP contribution in [-0.4, -0.2) is 23.1 Å². The Hall–Kier alpha value is -2.00. The first-order chi connectivity index (χ1) is 9.27. The topological polar surface area (TPSA) is 95.1 Å². The molecule has 0 saturated carbocycles. The lowest BCUT2D eigenvalue weighted by Crippen LogP contribution is -2.01. The summed E-state index contributed by atoms with van der Waals surface area (Å²) in [6, 6.07) is 5.49. The zero-order chi connectivity index (χ0) is 14.9. The van der Waals surface area contributed by atoms with Gasteiger partial charge in [-0.3, -0.25) is 0 Å². The van der Waals surface area contributed by atoms with E-state index >= 15 is 0 Å². The third kappa shape index (κ3) is 3.11. The molecular weight excluding hydrogens is 313 g/mol. The van der Waals surface area contributed by atoms with E-state index in [1.807, 2.05) is 0 Å². The molecular formula is C10H7ClFN3O4S. The maximum absolute atomic E-state index is 13.0. The van der Waals surface area contributed by atoms with Gasteiger partial charge in [0.1, 0.15) is 5.82 Å². The van der Waals surface area contributed by atoms with Crippen LogP contribution in [0.1, 0.15) is 5.56 Å². The lowest BCUT2D eigenvalue weighted by Gasteiger charge is -1.97. The van der Waals surface area contributed by atoms with Crippen LogP contribution in [0.3, 0.4) is 0 Å². The molecule has 0 aliphatic carbocycles. The lowest BCUT2D eigenvalue weighted by atomic mass is 10.2. The molecule has 0 amide bonds. The van der Waals surface area contributed by atoms with Gasteiger partial charge in [0.2, 0.25) is 4.90 Å². The molecule has 0 fully saturated rings. The molecule has 2 rings (SSSR count). The van der Waals surface area contributed by atoms with E-state index in [0.717, 1.165) is 10.9 Å². The van der Waals surface area contributed by atoms with Gasteiger partial charge in [0.15, 0.2) is 0 Å². The number of hydrogen-bond acceptors (Lipinski definition) is 5. The van der Waals surface area contributed by atoms with Crippen molar-refractivity contribution in [1.29, 1.82) is 0 Å². The van der Waals surface area contributed by atoms with Crippen molar-refractivity contribution in [3.05, 3.63) is 52.0 Å². The molecule has 1 aromatic heterocycles. The Morgan fingerprint density at radius 1 is 1.45 bits per heavy atom. The summed E-state index contributed by atoms with van der Waals surface area (Å²) in [5, 5.41) is 14.3. The minimum atomic E-state index is -4.28. The van der Waals surface area contributed by atoms with Gasteiger partial charge in [0.05, 0.1) is 17.8 Å². The second-order valence-corrected chi connectivity index (χ2v) is 6.37. The quantitative estimate of drug-likeness (QED) is 0.487. The van der Waals surface area contributed by atoms with Gasteiger partial charge in [0, 0.05) is 10.7 Å². The molecule has 1 heterocycles. The number of nitro groups is 1. The predicted octanol–water partition coefficient (Wildman–Crippen LogP) is 1.91. The van der Waals surface area contributed by atoms with E-state index in [1.165, 1.54) is 18.2 Å². The molecule has 7 nitrogen and oxygen atoms in total. The van der Waals surface area contributed by atoms with Crippen molar-refractivity contribution in [3.8, 4) is 0 Å². The van der Waals surface area contributed by atoms with E-state index in [9.17, 15) is 22.9 Å². The highest BCUT2D eigenvalue weighted by atomic mass is 35.7. The zero-order valence-electron chi connectivity index (χ0n) is 9.73. The van der Waals surface area contributed by atoms with Gasteiger partial charge in [-0.15, -0.1) is 0 Å². The molecule has 0 spiro atoms. The fourth-order valence-corrected chi connectivity index (χ4v) is 2.50. The average molecular weight is 320 g/mol. The maximum Gasteiger partial charge on any atom is 0.410 e.